The number of rotatable bonds is 2. The summed E-state index contributed by atoms with van der Waals surface area (Å²) in [4.78, 5) is 2.80. The summed E-state index contributed by atoms with van der Waals surface area (Å²) in [5.74, 6) is 0. The molecule has 2 heterocycles. The predicted octanol–water partition coefficient (Wildman–Crippen LogP) is 2.23. The summed E-state index contributed by atoms with van der Waals surface area (Å²) >= 11 is 3.39. The van der Waals surface area contributed by atoms with Gasteiger partial charge < -0.3 is 0 Å². The number of sulfonamides is 1. The summed E-state index contributed by atoms with van der Waals surface area (Å²) in [5, 5.41) is 0. The van der Waals surface area contributed by atoms with Crippen molar-refractivity contribution in [1.82, 2.24) is 9.21 Å². The van der Waals surface area contributed by atoms with Gasteiger partial charge in [0.05, 0.1) is 4.90 Å². The lowest BCUT2D eigenvalue weighted by molar-refractivity contribution is 0.158. The molecule has 2 fully saturated rings. The molecule has 1 aromatic carbocycles. The second kappa shape index (κ2) is 5.40. The molecule has 1 unspecified atom stereocenters. The van der Waals surface area contributed by atoms with E-state index in [0.717, 1.165) is 25.1 Å². The van der Waals surface area contributed by atoms with Crippen molar-refractivity contribution in [3.05, 3.63) is 28.2 Å². The van der Waals surface area contributed by atoms with Crippen LogP contribution in [0.4, 0.5) is 0 Å². The lowest BCUT2D eigenvalue weighted by atomic mass is 10.2. The average Bonchev–Trinajstić information content (AvgIpc) is 2.85. The van der Waals surface area contributed by atoms with Gasteiger partial charge in [0.15, 0.2) is 0 Å². The standard InChI is InChI=1S/C14H19BrN2O2S/c1-11-4-5-14(13(15)9-11)20(18,19)17-8-7-16-6-2-3-12(16)10-17/h4-5,9,12H,2-3,6-8,10H2,1H3. The minimum atomic E-state index is -3.39. The molecule has 4 nitrogen and oxygen atoms in total. The highest BCUT2D eigenvalue weighted by molar-refractivity contribution is 9.10. The molecule has 0 radical (unpaired) electrons. The van der Waals surface area contributed by atoms with Gasteiger partial charge in [0, 0.05) is 30.1 Å². The van der Waals surface area contributed by atoms with Gasteiger partial charge in [-0.2, -0.15) is 4.31 Å². The Hall–Kier alpha value is -0.430. The van der Waals surface area contributed by atoms with E-state index < -0.39 is 10.0 Å². The topological polar surface area (TPSA) is 40.6 Å². The molecule has 0 N–H and O–H groups in total. The van der Waals surface area contributed by atoms with E-state index in [1.807, 2.05) is 19.1 Å². The van der Waals surface area contributed by atoms with Gasteiger partial charge >= 0.3 is 0 Å². The molecule has 0 bridgehead atoms. The lowest BCUT2D eigenvalue weighted by Crippen LogP contribution is -2.51. The first kappa shape index (κ1) is 14.5. The number of hydrogen-bond acceptors (Lipinski definition) is 3. The van der Waals surface area contributed by atoms with Gasteiger partial charge in [-0.15, -0.1) is 0 Å². The first-order valence-electron chi connectivity index (χ1n) is 6.99. The molecule has 0 amide bonds. The monoisotopic (exact) mass is 358 g/mol. The molecule has 20 heavy (non-hydrogen) atoms. The minimum Gasteiger partial charge on any atom is -0.298 e. The number of nitrogens with zero attached hydrogens (tertiary/aromatic N) is 2. The fourth-order valence-electron chi connectivity index (χ4n) is 3.14. The van der Waals surface area contributed by atoms with Crippen LogP contribution in [0.25, 0.3) is 0 Å². The molecule has 0 aliphatic carbocycles. The largest absolute Gasteiger partial charge is 0.298 e. The average molecular weight is 359 g/mol. The third-order valence-corrected chi connectivity index (χ3v) is 7.10. The summed E-state index contributed by atoms with van der Waals surface area (Å²) in [6.45, 7) is 5.15. The van der Waals surface area contributed by atoms with Crippen molar-refractivity contribution in [1.29, 1.82) is 0 Å². The molecule has 110 valence electrons. The Morgan fingerprint density at radius 1 is 1.25 bits per heavy atom. The molecule has 1 aromatic rings. The van der Waals surface area contributed by atoms with Crippen LogP contribution in [0.1, 0.15) is 18.4 Å². The van der Waals surface area contributed by atoms with Crippen LogP contribution in [0.5, 0.6) is 0 Å². The number of halogens is 1. The molecule has 0 aromatic heterocycles. The van der Waals surface area contributed by atoms with Crippen molar-refractivity contribution in [2.75, 3.05) is 26.2 Å². The Labute approximate surface area is 128 Å². The molecular formula is C14H19BrN2O2S. The summed E-state index contributed by atoms with van der Waals surface area (Å²) in [6, 6.07) is 5.82. The number of benzene rings is 1. The quantitative estimate of drug-likeness (QED) is 0.813. The van der Waals surface area contributed by atoms with Crippen molar-refractivity contribution in [2.45, 2.75) is 30.7 Å². The van der Waals surface area contributed by atoms with Crippen molar-refractivity contribution < 1.29 is 8.42 Å². The van der Waals surface area contributed by atoms with Gasteiger partial charge in [0.25, 0.3) is 0 Å². The highest BCUT2D eigenvalue weighted by Gasteiger charge is 2.36. The Morgan fingerprint density at radius 3 is 2.80 bits per heavy atom. The Balaban J connectivity index is 1.88. The van der Waals surface area contributed by atoms with E-state index in [1.165, 1.54) is 6.42 Å². The third-order valence-electron chi connectivity index (χ3n) is 4.26. The Kier molecular flexibility index (Phi) is 3.92. The zero-order valence-electron chi connectivity index (χ0n) is 11.5. The maximum atomic E-state index is 12.8. The SMILES string of the molecule is Cc1ccc(S(=O)(=O)N2CCN3CCCC3C2)c(Br)c1. The van der Waals surface area contributed by atoms with Crippen LogP contribution in [-0.4, -0.2) is 49.8 Å². The van der Waals surface area contributed by atoms with Crippen molar-refractivity contribution in [3.8, 4) is 0 Å². The van der Waals surface area contributed by atoms with Crippen LogP contribution >= 0.6 is 15.9 Å². The van der Waals surface area contributed by atoms with E-state index in [0.29, 0.717) is 28.5 Å². The molecule has 1 atom stereocenters. The summed E-state index contributed by atoms with van der Waals surface area (Å²) in [7, 11) is -3.39. The second-order valence-corrected chi connectivity index (χ2v) is 8.39. The molecule has 0 spiro atoms. The fraction of sp³-hybridized carbons (Fsp3) is 0.571. The lowest BCUT2D eigenvalue weighted by Gasteiger charge is -2.36. The van der Waals surface area contributed by atoms with Gasteiger partial charge in [-0.05, 0) is 59.9 Å². The Bertz CT molecular complexity index is 618. The Morgan fingerprint density at radius 2 is 2.05 bits per heavy atom. The molecule has 6 heteroatoms. The maximum absolute atomic E-state index is 12.8. The predicted molar refractivity (Wildman–Crippen MR) is 82.2 cm³/mol. The van der Waals surface area contributed by atoms with Gasteiger partial charge in [0.2, 0.25) is 10.0 Å². The summed E-state index contributed by atoms with van der Waals surface area (Å²) < 4.78 is 27.9. The van der Waals surface area contributed by atoms with Crippen molar-refractivity contribution in [2.24, 2.45) is 0 Å². The van der Waals surface area contributed by atoms with Gasteiger partial charge in [0.1, 0.15) is 0 Å². The number of piperazine rings is 1. The first-order chi connectivity index (χ1) is 9.48. The number of hydrogen-bond donors (Lipinski definition) is 0. The molecule has 2 aliphatic heterocycles. The van der Waals surface area contributed by atoms with E-state index in [9.17, 15) is 8.42 Å². The summed E-state index contributed by atoms with van der Waals surface area (Å²) in [5.41, 5.74) is 1.05. The van der Waals surface area contributed by atoms with Crippen LogP contribution in [0, 0.1) is 6.92 Å². The van der Waals surface area contributed by atoms with Gasteiger partial charge in [-0.1, -0.05) is 6.07 Å². The van der Waals surface area contributed by atoms with Crippen molar-refractivity contribution >= 4 is 26.0 Å². The first-order valence-corrected chi connectivity index (χ1v) is 9.22. The van der Waals surface area contributed by atoms with E-state index in [1.54, 1.807) is 10.4 Å². The van der Waals surface area contributed by atoms with Crippen molar-refractivity contribution in [3.63, 3.8) is 0 Å². The molecular weight excluding hydrogens is 340 g/mol. The minimum absolute atomic E-state index is 0.384. The molecule has 3 rings (SSSR count). The van der Waals surface area contributed by atoms with Crippen LogP contribution in [0.3, 0.4) is 0 Å². The molecule has 0 saturated carbocycles. The second-order valence-electron chi connectivity index (χ2n) is 5.63. The van der Waals surface area contributed by atoms with Gasteiger partial charge in [-0.25, -0.2) is 8.42 Å². The van der Waals surface area contributed by atoms with E-state index in [4.69, 9.17) is 0 Å². The van der Waals surface area contributed by atoms with Crippen LogP contribution in [-0.2, 0) is 10.0 Å². The highest BCUT2D eigenvalue weighted by Crippen LogP contribution is 2.29. The summed E-state index contributed by atoms with van der Waals surface area (Å²) in [6.07, 6.45) is 2.30. The fourth-order valence-corrected chi connectivity index (χ4v) is 5.76. The van der Waals surface area contributed by atoms with Gasteiger partial charge in [-0.3, -0.25) is 4.90 Å². The van der Waals surface area contributed by atoms with E-state index in [2.05, 4.69) is 20.8 Å². The van der Waals surface area contributed by atoms with E-state index >= 15 is 0 Å². The normalized spacial score (nSPS) is 24.8. The number of aryl methyl sites for hydroxylation is 1. The zero-order valence-corrected chi connectivity index (χ0v) is 14.0. The zero-order chi connectivity index (χ0) is 14.3. The van der Waals surface area contributed by atoms with Crippen LogP contribution in [0.15, 0.2) is 27.6 Å². The smallest absolute Gasteiger partial charge is 0.244 e. The third kappa shape index (κ3) is 2.54. The van der Waals surface area contributed by atoms with Crippen LogP contribution < -0.4 is 0 Å². The molecule has 2 saturated heterocycles. The maximum Gasteiger partial charge on any atom is 0.244 e. The van der Waals surface area contributed by atoms with E-state index in [-0.39, 0.29) is 0 Å². The van der Waals surface area contributed by atoms with Crippen LogP contribution in [0.2, 0.25) is 0 Å². The highest BCUT2D eigenvalue weighted by atomic mass is 79.9. The number of fused-ring (bicyclic) bond motifs is 1. The molecule has 2 aliphatic rings.